The Hall–Kier alpha value is -2.40. The first kappa shape index (κ1) is 17.9. The Kier molecular flexibility index (Phi) is 5.24. The molecule has 0 aliphatic carbocycles. The number of benzene rings is 1. The minimum Gasteiger partial charge on any atom is -0.405 e. The van der Waals surface area contributed by atoms with Crippen molar-refractivity contribution in [1.29, 1.82) is 0 Å². The van der Waals surface area contributed by atoms with Crippen LogP contribution in [-0.2, 0) is 9.53 Å². The maximum absolute atomic E-state index is 12.6. The van der Waals surface area contributed by atoms with Gasteiger partial charge in [-0.25, -0.2) is 0 Å². The molecule has 1 aliphatic rings. The predicted octanol–water partition coefficient (Wildman–Crippen LogP) is 1.35. The van der Waals surface area contributed by atoms with E-state index in [4.69, 9.17) is 10.5 Å². The number of hydrogen-bond donors (Lipinski definition) is 1. The highest BCUT2D eigenvalue weighted by Gasteiger charge is 2.36. The number of carbonyl (C=O) groups is 1. The lowest BCUT2D eigenvalue weighted by Crippen LogP contribution is -2.44. The van der Waals surface area contributed by atoms with Crippen molar-refractivity contribution in [1.82, 2.24) is 4.90 Å². The van der Waals surface area contributed by atoms with Gasteiger partial charge >= 0.3 is 6.36 Å². The first-order chi connectivity index (χ1) is 11.2. The number of halogens is 3. The second-order valence-electron chi connectivity index (χ2n) is 4.98. The van der Waals surface area contributed by atoms with Crippen LogP contribution in [0.4, 0.5) is 18.9 Å². The molecule has 1 atom stereocenters. The summed E-state index contributed by atoms with van der Waals surface area (Å²) in [6.07, 6.45) is -5.02. The number of nitro benzene ring substituents is 1. The molecule has 8 nitrogen and oxygen atoms in total. The third kappa shape index (κ3) is 4.32. The number of nitrogens with two attached hydrogens (primary N) is 1. The highest BCUT2D eigenvalue weighted by atomic mass is 19.4. The van der Waals surface area contributed by atoms with Crippen LogP contribution in [0.25, 0.3) is 0 Å². The molecule has 132 valence electrons. The van der Waals surface area contributed by atoms with Crippen LogP contribution in [0.5, 0.6) is 5.75 Å². The van der Waals surface area contributed by atoms with Gasteiger partial charge in [0.2, 0.25) is 5.91 Å². The Morgan fingerprint density at radius 2 is 2.00 bits per heavy atom. The molecule has 1 fully saturated rings. The second kappa shape index (κ2) is 7.01. The summed E-state index contributed by atoms with van der Waals surface area (Å²) in [7, 11) is 0. The van der Waals surface area contributed by atoms with Crippen molar-refractivity contribution in [3.63, 3.8) is 0 Å². The number of primary amides is 1. The number of ether oxygens (including phenoxy) is 2. The van der Waals surface area contributed by atoms with Crippen LogP contribution in [0.1, 0.15) is 11.6 Å². The van der Waals surface area contributed by atoms with Gasteiger partial charge < -0.3 is 15.2 Å². The van der Waals surface area contributed by atoms with Gasteiger partial charge in [-0.1, -0.05) is 0 Å². The molecule has 0 aromatic heterocycles. The third-order valence-corrected chi connectivity index (χ3v) is 3.40. The quantitative estimate of drug-likeness (QED) is 0.635. The average Bonchev–Trinajstić information content (AvgIpc) is 2.48. The molecule has 1 aliphatic heterocycles. The Morgan fingerprint density at radius 1 is 1.38 bits per heavy atom. The lowest BCUT2D eigenvalue weighted by atomic mass is 10.0. The maximum atomic E-state index is 12.6. The number of alkyl halides is 3. The first-order valence-corrected chi connectivity index (χ1v) is 6.84. The van der Waals surface area contributed by atoms with Crippen molar-refractivity contribution in [3.05, 3.63) is 33.9 Å². The highest BCUT2D eigenvalue weighted by Crippen LogP contribution is 2.36. The molecule has 24 heavy (non-hydrogen) atoms. The molecule has 0 radical (unpaired) electrons. The van der Waals surface area contributed by atoms with Gasteiger partial charge in [0.05, 0.1) is 18.1 Å². The highest BCUT2D eigenvalue weighted by molar-refractivity contribution is 5.82. The van der Waals surface area contributed by atoms with E-state index in [0.29, 0.717) is 0 Å². The van der Waals surface area contributed by atoms with E-state index in [1.807, 2.05) is 0 Å². The predicted molar refractivity (Wildman–Crippen MR) is 74.1 cm³/mol. The fourth-order valence-electron chi connectivity index (χ4n) is 2.45. The number of carbonyl (C=O) groups excluding carboxylic acids is 1. The molecule has 1 aromatic carbocycles. The summed E-state index contributed by atoms with van der Waals surface area (Å²) in [5, 5.41) is 10.9. The van der Waals surface area contributed by atoms with Crippen LogP contribution in [-0.4, -0.2) is 48.4 Å². The molecule has 2 rings (SSSR count). The van der Waals surface area contributed by atoms with Gasteiger partial charge in [-0.05, 0) is 6.07 Å². The lowest BCUT2D eigenvalue weighted by Gasteiger charge is -2.33. The summed E-state index contributed by atoms with van der Waals surface area (Å²) >= 11 is 0. The lowest BCUT2D eigenvalue weighted by molar-refractivity contribution is -0.385. The average molecular weight is 349 g/mol. The summed E-state index contributed by atoms with van der Waals surface area (Å²) in [4.78, 5) is 23.5. The number of amides is 1. The Labute approximate surface area is 134 Å². The first-order valence-electron chi connectivity index (χ1n) is 6.84. The van der Waals surface area contributed by atoms with E-state index in [2.05, 4.69) is 4.74 Å². The zero-order valence-corrected chi connectivity index (χ0v) is 12.3. The fraction of sp³-hybridized carbons (Fsp3) is 0.462. The van der Waals surface area contributed by atoms with Crippen LogP contribution >= 0.6 is 0 Å². The minimum absolute atomic E-state index is 0.238. The molecule has 0 spiro atoms. The zero-order valence-electron chi connectivity index (χ0n) is 12.3. The van der Waals surface area contributed by atoms with Gasteiger partial charge in [0.25, 0.3) is 5.69 Å². The van der Waals surface area contributed by atoms with Gasteiger partial charge in [0.15, 0.2) is 0 Å². The fourth-order valence-corrected chi connectivity index (χ4v) is 2.45. The second-order valence-corrected chi connectivity index (χ2v) is 4.98. The molecular weight excluding hydrogens is 335 g/mol. The Balaban J connectivity index is 2.50. The van der Waals surface area contributed by atoms with Crippen molar-refractivity contribution in [2.24, 2.45) is 5.73 Å². The molecule has 1 aromatic rings. The number of non-ortho nitro benzene ring substituents is 1. The number of morpholine rings is 1. The number of rotatable bonds is 5. The van der Waals surface area contributed by atoms with E-state index in [0.717, 1.165) is 18.2 Å². The molecule has 11 heteroatoms. The van der Waals surface area contributed by atoms with Crippen molar-refractivity contribution >= 4 is 11.6 Å². The van der Waals surface area contributed by atoms with Gasteiger partial charge in [0, 0.05) is 30.8 Å². The van der Waals surface area contributed by atoms with Crippen LogP contribution in [0.15, 0.2) is 18.2 Å². The van der Waals surface area contributed by atoms with Crippen LogP contribution in [0, 0.1) is 10.1 Å². The summed E-state index contributed by atoms with van der Waals surface area (Å²) in [5.41, 5.74) is 4.55. The summed E-state index contributed by atoms with van der Waals surface area (Å²) in [6.45, 7) is 0.992. The summed E-state index contributed by atoms with van der Waals surface area (Å²) in [6, 6.07) is 1.23. The minimum atomic E-state index is -5.02. The van der Waals surface area contributed by atoms with Crippen molar-refractivity contribution in [2.45, 2.75) is 12.4 Å². The molecule has 0 bridgehead atoms. The third-order valence-electron chi connectivity index (χ3n) is 3.40. The van der Waals surface area contributed by atoms with E-state index < -0.39 is 34.7 Å². The normalized spacial score (nSPS) is 17.3. The van der Waals surface area contributed by atoms with E-state index in [-0.39, 0.29) is 31.9 Å². The zero-order chi connectivity index (χ0) is 17.9. The van der Waals surface area contributed by atoms with E-state index in [1.165, 1.54) is 4.90 Å². The topological polar surface area (TPSA) is 108 Å². The smallest absolute Gasteiger partial charge is 0.405 e. The molecular formula is C13H14F3N3O5. The Bertz CT molecular complexity index is 632. The summed E-state index contributed by atoms with van der Waals surface area (Å²) in [5.74, 6) is -1.65. The number of nitro groups is 1. The van der Waals surface area contributed by atoms with Crippen molar-refractivity contribution < 1.29 is 32.4 Å². The monoisotopic (exact) mass is 349 g/mol. The van der Waals surface area contributed by atoms with Crippen molar-refractivity contribution in [2.75, 3.05) is 26.3 Å². The van der Waals surface area contributed by atoms with Gasteiger partial charge in [-0.15, -0.1) is 13.2 Å². The SMILES string of the molecule is NC(=O)C(c1cc([N+](=O)[O-])ccc1OC(F)(F)F)N1CCOCC1. The molecule has 1 saturated heterocycles. The maximum Gasteiger partial charge on any atom is 0.573 e. The van der Waals surface area contributed by atoms with Crippen LogP contribution < -0.4 is 10.5 Å². The number of nitrogens with zero attached hydrogens (tertiary/aromatic N) is 2. The summed E-state index contributed by atoms with van der Waals surface area (Å²) < 4.78 is 46.8. The molecule has 1 unspecified atom stereocenters. The standard InChI is InChI=1S/C13H14F3N3O5/c14-13(15,16)24-10-2-1-8(19(21)22)7-9(10)11(12(17)20)18-3-5-23-6-4-18/h1-2,7,11H,3-6H2,(H2,17,20). The molecule has 1 heterocycles. The van der Waals surface area contributed by atoms with Crippen LogP contribution in [0.3, 0.4) is 0 Å². The van der Waals surface area contributed by atoms with E-state index in [1.54, 1.807) is 0 Å². The van der Waals surface area contributed by atoms with E-state index >= 15 is 0 Å². The molecule has 0 saturated carbocycles. The molecule has 1 amide bonds. The van der Waals surface area contributed by atoms with Crippen LogP contribution in [0.2, 0.25) is 0 Å². The van der Waals surface area contributed by atoms with Gasteiger partial charge in [-0.2, -0.15) is 0 Å². The van der Waals surface area contributed by atoms with Gasteiger partial charge in [0.1, 0.15) is 11.8 Å². The number of hydrogen-bond acceptors (Lipinski definition) is 6. The largest absolute Gasteiger partial charge is 0.573 e. The van der Waals surface area contributed by atoms with E-state index in [9.17, 15) is 28.1 Å². The Morgan fingerprint density at radius 3 is 2.50 bits per heavy atom. The molecule has 2 N–H and O–H groups in total. The van der Waals surface area contributed by atoms with Gasteiger partial charge in [-0.3, -0.25) is 19.8 Å². The van der Waals surface area contributed by atoms with Crippen molar-refractivity contribution in [3.8, 4) is 5.75 Å².